The Morgan fingerprint density at radius 3 is 2.00 bits per heavy atom. The van der Waals surface area contributed by atoms with Gasteiger partial charge in [-0.2, -0.15) is 0 Å². The maximum Gasteiger partial charge on any atom is 0.0715 e. The molecule has 0 spiro atoms. The highest BCUT2D eigenvalue weighted by atomic mass is 79.9. The van der Waals surface area contributed by atoms with Gasteiger partial charge in [0.1, 0.15) is 0 Å². The third kappa shape index (κ3) is 3.55. The van der Waals surface area contributed by atoms with Crippen LogP contribution >= 0.6 is 15.9 Å². The zero-order chi connectivity index (χ0) is 18.1. The molecule has 2 aromatic rings. The first-order chi connectivity index (χ1) is 11.9. The third-order valence-electron chi connectivity index (χ3n) is 6.29. The lowest BCUT2D eigenvalue weighted by Crippen LogP contribution is -2.50. The Labute approximate surface area is 160 Å². The Hall–Kier alpha value is -1.16. The van der Waals surface area contributed by atoms with Gasteiger partial charge in [0.2, 0.25) is 0 Å². The molecule has 1 fully saturated rings. The molecule has 2 nitrogen and oxygen atoms in total. The molecule has 0 saturated heterocycles. The van der Waals surface area contributed by atoms with E-state index >= 15 is 0 Å². The summed E-state index contributed by atoms with van der Waals surface area (Å²) in [5.74, 6) is 0.152. The van der Waals surface area contributed by atoms with Crippen molar-refractivity contribution in [1.29, 1.82) is 0 Å². The molecule has 2 aromatic carbocycles. The summed E-state index contributed by atoms with van der Waals surface area (Å²) >= 11 is 3.53. The number of hydrogen-bond donors (Lipinski definition) is 1. The highest BCUT2D eigenvalue weighted by Crippen LogP contribution is 2.48. The van der Waals surface area contributed by atoms with Crippen molar-refractivity contribution in [3.8, 4) is 0 Å². The van der Waals surface area contributed by atoms with Crippen LogP contribution in [0.25, 0.3) is 0 Å². The third-order valence-corrected chi connectivity index (χ3v) is 6.81. The summed E-state index contributed by atoms with van der Waals surface area (Å²) in [6, 6.07) is 19.1. The first kappa shape index (κ1) is 18.6. The highest BCUT2D eigenvalue weighted by Gasteiger charge is 2.46. The van der Waals surface area contributed by atoms with Crippen molar-refractivity contribution in [2.75, 3.05) is 14.1 Å². The smallest absolute Gasteiger partial charge is 0.0715 e. The van der Waals surface area contributed by atoms with Crippen LogP contribution in [0.1, 0.15) is 49.7 Å². The number of hydrogen-bond acceptors (Lipinski definition) is 2. The Balaban J connectivity index is 1.83. The van der Waals surface area contributed by atoms with Gasteiger partial charge in [-0.3, -0.25) is 4.90 Å². The molecule has 0 heterocycles. The van der Waals surface area contributed by atoms with Gasteiger partial charge < -0.3 is 5.11 Å². The molecule has 0 amide bonds. The second kappa shape index (κ2) is 7.22. The van der Waals surface area contributed by atoms with Gasteiger partial charge in [0.05, 0.1) is 5.60 Å². The zero-order valence-electron chi connectivity index (χ0n) is 15.4. The van der Waals surface area contributed by atoms with E-state index in [1.54, 1.807) is 0 Å². The van der Waals surface area contributed by atoms with Crippen LogP contribution in [0.5, 0.6) is 0 Å². The molecule has 1 atom stereocenters. The molecule has 1 N–H and O–H groups in total. The van der Waals surface area contributed by atoms with E-state index < -0.39 is 5.60 Å². The van der Waals surface area contributed by atoms with Crippen molar-refractivity contribution in [2.45, 2.75) is 49.7 Å². The van der Waals surface area contributed by atoms with Crippen LogP contribution in [0.4, 0.5) is 0 Å². The van der Waals surface area contributed by atoms with Crippen LogP contribution in [-0.4, -0.2) is 29.7 Å². The SMILES string of the molecule is CC(c1ccccc1)C1(O)CCC(c2ccc(Br)cc2)(N(C)C)CC1. The van der Waals surface area contributed by atoms with E-state index in [0.29, 0.717) is 0 Å². The Morgan fingerprint density at radius 2 is 1.48 bits per heavy atom. The van der Waals surface area contributed by atoms with Crippen LogP contribution in [-0.2, 0) is 5.54 Å². The maximum absolute atomic E-state index is 11.4. The number of benzene rings is 2. The Morgan fingerprint density at radius 1 is 0.920 bits per heavy atom. The average Bonchev–Trinajstić information content (AvgIpc) is 2.63. The number of halogens is 1. The topological polar surface area (TPSA) is 23.5 Å². The predicted molar refractivity (Wildman–Crippen MR) is 108 cm³/mol. The van der Waals surface area contributed by atoms with Gasteiger partial charge in [-0.05, 0) is 63.0 Å². The lowest BCUT2D eigenvalue weighted by atomic mass is 9.65. The molecule has 0 radical (unpaired) electrons. The Kier molecular flexibility index (Phi) is 5.38. The number of rotatable bonds is 4. The van der Waals surface area contributed by atoms with Crippen molar-refractivity contribution in [2.24, 2.45) is 0 Å². The predicted octanol–water partition coefficient (Wildman–Crippen LogP) is 5.31. The summed E-state index contributed by atoms with van der Waals surface area (Å²) < 4.78 is 1.11. The molecule has 25 heavy (non-hydrogen) atoms. The van der Waals surface area contributed by atoms with Crippen molar-refractivity contribution in [1.82, 2.24) is 4.90 Å². The molecule has 1 unspecified atom stereocenters. The van der Waals surface area contributed by atoms with E-state index in [1.807, 2.05) is 6.07 Å². The summed E-state index contributed by atoms with van der Waals surface area (Å²) in [5.41, 5.74) is 1.95. The Bertz CT molecular complexity index is 688. The first-order valence-corrected chi connectivity index (χ1v) is 9.87. The van der Waals surface area contributed by atoms with Crippen molar-refractivity contribution in [3.05, 3.63) is 70.2 Å². The van der Waals surface area contributed by atoms with E-state index in [0.717, 1.165) is 30.2 Å². The van der Waals surface area contributed by atoms with Gasteiger partial charge in [-0.15, -0.1) is 0 Å². The molecule has 1 saturated carbocycles. The summed E-state index contributed by atoms with van der Waals surface area (Å²) in [6.07, 6.45) is 3.57. The van der Waals surface area contributed by atoms with Crippen LogP contribution in [0.3, 0.4) is 0 Å². The van der Waals surface area contributed by atoms with E-state index in [-0.39, 0.29) is 11.5 Å². The second-order valence-electron chi connectivity index (χ2n) is 7.67. The minimum absolute atomic E-state index is 0.00331. The molecule has 3 heteroatoms. The molecule has 0 aliphatic heterocycles. The normalized spacial score (nSPS) is 28.1. The van der Waals surface area contributed by atoms with Gasteiger partial charge in [-0.25, -0.2) is 0 Å². The molecule has 1 aliphatic carbocycles. The maximum atomic E-state index is 11.4. The van der Waals surface area contributed by atoms with Crippen LogP contribution < -0.4 is 0 Å². The van der Waals surface area contributed by atoms with Crippen LogP contribution in [0.15, 0.2) is 59.1 Å². The molecule has 0 aromatic heterocycles. The minimum Gasteiger partial charge on any atom is -0.389 e. The van der Waals surface area contributed by atoms with Crippen LogP contribution in [0.2, 0.25) is 0 Å². The lowest BCUT2D eigenvalue weighted by molar-refractivity contribution is -0.0608. The summed E-state index contributed by atoms with van der Waals surface area (Å²) in [4.78, 5) is 2.34. The summed E-state index contributed by atoms with van der Waals surface area (Å²) in [7, 11) is 4.32. The summed E-state index contributed by atoms with van der Waals surface area (Å²) in [6.45, 7) is 2.16. The van der Waals surface area contributed by atoms with E-state index in [1.165, 1.54) is 11.1 Å². The molecule has 134 valence electrons. The molecule has 0 bridgehead atoms. The molecular formula is C22H28BrNO. The first-order valence-electron chi connectivity index (χ1n) is 9.08. The molecular weight excluding hydrogens is 374 g/mol. The number of aliphatic hydroxyl groups is 1. The van der Waals surface area contributed by atoms with Crippen molar-refractivity contribution < 1.29 is 5.11 Å². The van der Waals surface area contributed by atoms with E-state index in [4.69, 9.17) is 0 Å². The fourth-order valence-electron chi connectivity index (χ4n) is 4.34. The van der Waals surface area contributed by atoms with Crippen molar-refractivity contribution in [3.63, 3.8) is 0 Å². The van der Waals surface area contributed by atoms with Crippen molar-refractivity contribution >= 4 is 15.9 Å². The van der Waals surface area contributed by atoms with E-state index in [2.05, 4.69) is 90.4 Å². The zero-order valence-corrected chi connectivity index (χ0v) is 17.0. The summed E-state index contributed by atoms with van der Waals surface area (Å²) in [5, 5.41) is 11.4. The van der Waals surface area contributed by atoms with Gasteiger partial charge in [0, 0.05) is 15.9 Å². The van der Waals surface area contributed by atoms with Gasteiger partial charge in [0.15, 0.2) is 0 Å². The minimum atomic E-state index is -0.629. The quantitative estimate of drug-likeness (QED) is 0.749. The van der Waals surface area contributed by atoms with Gasteiger partial charge >= 0.3 is 0 Å². The largest absolute Gasteiger partial charge is 0.389 e. The highest BCUT2D eigenvalue weighted by molar-refractivity contribution is 9.10. The van der Waals surface area contributed by atoms with Gasteiger partial charge in [-0.1, -0.05) is 65.3 Å². The fraction of sp³-hybridized carbons (Fsp3) is 0.455. The lowest BCUT2D eigenvalue weighted by Gasteiger charge is -2.50. The molecule has 1 aliphatic rings. The fourth-order valence-corrected chi connectivity index (χ4v) is 4.60. The van der Waals surface area contributed by atoms with Crippen LogP contribution in [0, 0.1) is 0 Å². The average molecular weight is 402 g/mol. The monoisotopic (exact) mass is 401 g/mol. The van der Waals surface area contributed by atoms with E-state index in [9.17, 15) is 5.11 Å². The number of nitrogens with zero attached hydrogens (tertiary/aromatic N) is 1. The standard InChI is InChI=1S/C22H28BrNO/c1-17(18-7-5-4-6-8-18)22(25)15-13-21(14-16-22,24(2)3)19-9-11-20(23)12-10-19/h4-12,17,25H,13-16H2,1-3H3. The van der Waals surface area contributed by atoms with Gasteiger partial charge in [0.25, 0.3) is 0 Å². The molecule has 3 rings (SSSR count). The second-order valence-corrected chi connectivity index (χ2v) is 8.58.